The van der Waals surface area contributed by atoms with Gasteiger partial charge in [0.1, 0.15) is 28.5 Å². The maximum Gasteiger partial charge on any atom is 0.138 e. The molecule has 0 N–H and O–H groups in total. The monoisotopic (exact) mass is 514 g/mol. The van der Waals surface area contributed by atoms with Crippen LogP contribution in [0.1, 0.15) is 79.1 Å². The third-order valence-electron chi connectivity index (χ3n) is 4.93. The summed E-state index contributed by atoms with van der Waals surface area (Å²) in [5.74, 6) is 0. The Balaban J connectivity index is 2.84. The van der Waals surface area contributed by atoms with Gasteiger partial charge in [0, 0.05) is 26.4 Å². The molecule has 0 saturated carbocycles. The molecule has 28 heavy (non-hydrogen) atoms. The Morgan fingerprint density at radius 3 is 1.64 bits per heavy atom. The second kappa shape index (κ2) is 17.2. The summed E-state index contributed by atoms with van der Waals surface area (Å²) in [6, 6.07) is 0. The largest absolute Gasteiger partial charge is 0.379 e. The number of hydrogen-bond donors (Lipinski definition) is 0. The molecule has 0 amide bonds. The van der Waals surface area contributed by atoms with Crippen LogP contribution in [0.25, 0.3) is 0 Å². The van der Waals surface area contributed by atoms with Gasteiger partial charge in [-0.15, -0.1) is 0 Å². The van der Waals surface area contributed by atoms with Crippen molar-refractivity contribution in [1.29, 1.82) is 0 Å². The van der Waals surface area contributed by atoms with Crippen LogP contribution in [-0.4, -0.2) is 61.6 Å². The highest BCUT2D eigenvalue weighted by molar-refractivity contribution is 14.1. The molecule has 5 unspecified atom stereocenters. The lowest BCUT2D eigenvalue weighted by Gasteiger charge is -2.44. The van der Waals surface area contributed by atoms with E-state index in [9.17, 15) is 0 Å². The van der Waals surface area contributed by atoms with Gasteiger partial charge in [-0.3, -0.25) is 0 Å². The zero-order valence-electron chi connectivity index (χ0n) is 18.5. The third-order valence-corrected chi connectivity index (χ3v) is 5.93. The number of halogens is 1. The Labute approximate surface area is 186 Å². The van der Waals surface area contributed by atoms with E-state index in [0.29, 0.717) is 6.61 Å². The Bertz CT molecular complexity index is 358. The van der Waals surface area contributed by atoms with Crippen molar-refractivity contribution in [2.45, 2.75) is 108 Å². The fraction of sp³-hybridized carbons (Fsp3) is 1.00. The molecular formula is C22H43IO5. The lowest BCUT2D eigenvalue weighted by Crippen LogP contribution is -2.60. The summed E-state index contributed by atoms with van der Waals surface area (Å²) in [6.45, 7) is 12.2. The summed E-state index contributed by atoms with van der Waals surface area (Å²) in [6.07, 6.45) is 8.18. The molecule has 0 aromatic carbocycles. The van der Waals surface area contributed by atoms with Crippen molar-refractivity contribution in [3.63, 3.8) is 0 Å². The van der Waals surface area contributed by atoms with Crippen LogP contribution in [0.4, 0.5) is 0 Å². The Hall–Kier alpha value is 0.530. The zero-order valence-corrected chi connectivity index (χ0v) is 20.7. The molecule has 1 heterocycles. The van der Waals surface area contributed by atoms with Gasteiger partial charge >= 0.3 is 0 Å². The molecule has 5 nitrogen and oxygen atoms in total. The van der Waals surface area contributed by atoms with Gasteiger partial charge in [0.05, 0.1) is 6.61 Å². The SMILES string of the molecule is CCCCOCC1OC(I)C(OCCCC)C(OCCCC)C1OCCCC. The van der Waals surface area contributed by atoms with Gasteiger partial charge in [-0.25, -0.2) is 0 Å². The minimum atomic E-state index is -0.150. The first kappa shape index (κ1) is 26.6. The van der Waals surface area contributed by atoms with E-state index >= 15 is 0 Å². The average molecular weight is 514 g/mol. The molecule has 0 aromatic rings. The minimum Gasteiger partial charge on any atom is -0.379 e. The summed E-state index contributed by atoms with van der Waals surface area (Å²) in [4.78, 5) is 0. The van der Waals surface area contributed by atoms with Gasteiger partial charge in [-0.2, -0.15) is 0 Å². The van der Waals surface area contributed by atoms with Crippen molar-refractivity contribution >= 4 is 22.6 Å². The molecule has 0 aliphatic carbocycles. The number of unbranched alkanes of at least 4 members (excludes halogenated alkanes) is 4. The van der Waals surface area contributed by atoms with Crippen LogP contribution in [-0.2, 0) is 23.7 Å². The van der Waals surface area contributed by atoms with E-state index in [-0.39, 0.29) is 28.5 Å². The molecule has 1 saturated heterocycles. The lowest BCUT2D eigenvalue weighted by molar-refractivity contribution is -0.243. The molecular weight excluding hydrogens is 471 g/mol. The standard InChI is InChI=1S/C22H43IO5/c1-5-9-13-24-17-18-19(25-14-10-6-2)20(26-15-11-7-3)21(22(23)28-18)27-16-12-8-4/h18-22H,5-17H2,1-4H3. The molecule has 1 fully saturated rings. The second-order valence-corrected chi connectivity index (χ2v) is 8.75. The van der Waals surface area contributed by atoms with Crippen molar-refractivity contribution in [3.8, 4) is 0 Å². The van der Waals surface area contributed by atoms with Gasteiger partial charge in [-0.05, 0) is 48.3 Å². The molecule has 0 radical (unpaired) electrons. The highest BCUT2D eigenvalue weighted by Gasteiger charge is 2.47. The fourth-order valence-corrected chi connectivity index (χ4v) is 4.10. The average Bonchev–Trinajstić information content (AvgIpc) is 2.69. The first-order valence-corrected chi connectivity index (χ1v) is 12.7. The van der Waals surface area contributed by atoms with Crippen molar-refractivity contribution < 1.29 is 23.7 Å². The normalized spacial score (nSPS) is 28.0. The summed E-state index contributed by atoms with van der Waals surface area (Å²) in [5, 5.41) is 0. The minimum absolute atomic E-state index is 0.0631. The number of rotatable bonds is 17. The van der Waals surface area contributed by atoms with E-state index in [0.717, 1.165) is 77.8 Å². The van der Waals surface area contributed by atoms with E-state index in [1.807, 2.05) is 0 Å². The van der Waals surface area contributed by atoms with E-state index in [2.05, 4.69) is 50.3 Å². The molecule has 168 valence electrons. The molecule has 0 aromatic heterocycles. The predicted octanol–water partition coefficient (Wildman–Crippen LogP) is 5.52. The quantitative estimate of drug-likeness (QED) is 0.145. The predicted molar refractivity (Wildman–Crippen MR) is 122 cm³/mol. The van der Waals surface area contributed by atoms with Gasteiger partial charge in [0.15, 0.2) is 0 Å². The van der Waals surface area contributed by atoms with Crippen molar-refractivity contribution in [2.75, 3.05) is 33.0 Å². The van der Waals surface area contributed by atoms with E-state index < -0.39 is 0 Å². The van der Waals surface area contributed by atoms with Crippen LogP contribution < -0.4 is 0 Å². The zero-order chi connectivity index (χ0) is 20.6. The summed E-state index contributed by atoms with van der Waals surface area (Å²) < 4.78 is 31.0. The second-order valence-electron chi connectivity index (χ2n) is 7.52. The van der Waals surface area contributed by atoms with Crippen LogP contribution >= 0.6 is 22.6 Å². The third kappa shape index (κ3) is 10.0. The smallest absolute Gasteiger partial charge is 0.138 e. The summed E-state index contributed by atoms with van der Waals surface area (Å²) >= 11 is 2.35. The summed E-state index contributed by atoms with van der Waals surface area (Å²) in [7, 11) is 0. The van der Waals surface area contributed by atoms with Crippen molar-refractivity contribution in [3.05, 3.63) is 0 Å². The van der Waals surface area contributed by atoms with Crippen molar-refractivity contribution in [2.24, 2.45) is 0 Å². The lowest BCUT2D eigenvalue weighted by atomic mass is 9.99. The molecule has 6 heteroatoms. The molecule has 5 atom stereocenters. The number of ether oxygens (including phenoxy) is 5. The first-order valence-electron chi connectivity index (χ1n) is 11.4. The van der Waals surface area contributed by atoms with Crippen LogP contribution in [0.15, 0.2) is 0 Å². The molecule has 1 rings (SSSR count). The molecule has 1 aliphatic rings. The number of alkyl halides is 1. The summed E-state index contributed by atoms with van der Waals surface area (Å²) in [5.41, 5.74) is 0. The van der Waals surface area contributed by atoms with Gasteiger partial charge in [0.2, 0.25) is 0 Å². The Morgan fingerprint density at radius 1 is 0.643 bits per heavy atom. The number of hydrogen-bond acceptors (Lipinski definition) is 5. The van der Waals surface area contributed by atoms with E-state index in [1.54, 1.807) is 0 Å². The van der Waals surface area contributed by atoms with E-state index in [4.69, 9.17) is 23.7 Å². The highest BCUT2D eigenvalue weighted by atomic mass is 127. The molecule has 0 spiro atoms. The van der Waals surface area contributed by atoms with Crippen LogP contribution in [0.3, 0.4) is 0 Å². The van der Waals surface area contributed by atoms with Crippen LogP contribution in [0.2, 0.25) is 0 Å². The first-order chi connectivity index (χ1) is 13.7. The van der Waals surface area contributed by atoms with Gasteiger partial charge in [-0.1, -0.05) is 53.4 Å². The van der Waals surface area contributed by atoms with E-state index in [1.165, 1.54) is 0 Å². The maximum absolute atomic E-state index is 6.35. The highest BCUT2D eigenvalue weighted by Crippen LogP contribution is 2.32. The fourth-order valence-electron chi connectivity index (χ4n) is 3.10. The van der Waals surface area contributed by atoms with Gasteiger partial charge in [0.25, 0.3) is 0 Å². The Morgan fingerprint density at radius 2 is 1.11 bits per heavy atom. The molecule has 0 bridgehead atoms. The van der Waals surface area contributed by atoms with Gasteiger partial charge < -0.3 is 23.7 Å². The molecule has 1 aliphatic heterocycles. The Kier molecular flexibility index (Phi) is 16.4. The van der Waals surface area contributed by atoms with Crippen LogP contribution in [0.5, 0.6) is 0 Å². The topological polar surface area (TPSA) is 46.2 Å². The van der Waals surface area contributed by atoms with Crippen molar-refractivity contribution in [1.82, 2.24) is 0 Å². The van der Waals surface area contributed by atoms with Crippen LogP contribution in [0, 0.1) is 0 Å². The maximum atomic E-state index is 6.35.